The van der Waals surface area contributed by atoms with Gasteiger partial charge in [-0.15, -0.1) is 16.2 Å². The number of amides is 1. The molecule has 164 valence electrons. The highest BCUT2D eigenvalue weighted by atomic mass is 32.2. The van der Waals surface area contributed by atoms with Crippen molar-refractivity contribution in [2.75, 3.05) is 51.5 Å². The molecule has 10 nitrogen and oxygen atoms in total. The molecule has 0 unspecified atom stereocenters. The fraction of sp³-hybridized carbons (Fsp3) is 0.444. The first-order chi connectivity index (χ1) is 14.4. The number of nitrogens with one attached hydrogen (secondary N) is 2. The zero-order chi connectivity index (χ0) is 21.6. The molecule has 0 radical (unpaired) electrons. The molecule has 3 rings (SSSR count). The number of ether oxygens (including phenoxy) is 3. The molecule has 1 aliphatic rings. The molecule has 30 heavy (non-hydrogen) atoms. The van der Waals surface area contributed by atoms with Crippen LogP contribution in [0.5, 0.6) is 5.75 Å². The van der Waals surface area contributed by atoms with Crippen molar-refractivity contribution in [3.8, 4) is 5.75 Å². The van der Waals surface area contributed by atoms with Crippen LogP contribution < -0.4 is 19.9 Å². The van der Waals surface area contributed by atoms with E-state index < -0.39 is 15.9 Å². The van der Waals surface area contributed by atoms with Gasteiger partial charge >= 0.3 is 0 Å². The van der Waals surface area contributed by atoms with Crippen LogP contribution in [-0.2, 0) is 19.5 Å². The Balaban J connectivity index is 1.59. The molecule has 1 aromatic carbocycles. The van der Waals surface area contributed by atoms with Gasteiger partial charge in [0.2, 0.25) is 0 Å². The average Bonchev–Trinajstić information content (AvgIpc) is 3.24. The number of aryl methyl sites for hydroxylation is 1. The summed E-state index contributed by atoms with van der Waals surface area (Å²) in [6, 6.07) is 4.44. The Bertz CT molecular complexity index is 973. The Morgan fingerprint density at radius 3 is 2.77 bits per heavy atom. The maximum absolute atomic E-state index is 12.5. The van der Waals surface area contributed by atoms with Crippen molar-refractivity contribution in [3.63, 3.8) is 0 Å². The molecule has 0 spiro atoms. The molecule has 2 heterocycles. The van der Waals surface area contributed by atoms with Gasteiger partial charge < -0.3 is 19.1 Å². The summed E-state index contributed by atoms with van der Waals surface area (Å²) in [4.78, 5) is 20.7. The van der Waals surface area contributed by atoms with Gasteiger partial charge in [0.05, 0.1) is 24.7 Å². The fourth-order valence-corrected chi connectivity index (χ4v) is 4.47. The molecular formula is C18H24N4O6S2. The normalized spacial score (nSPS) is 14.5. The van der Waals surface area contributed by atoms with Crippen LogP contribution in [0.3, 0.4) is 0 Å². The lowest BCUT2D eigenvalue weighted by Gasteiger charge is -2.25. The topological polar surface area (TPSA) is 119 Å². The van der Waals surface area contributed by atoms with Crippen molar-refractivity contribution in [1.29, 1.82) is 0 Å². The van der Waals surface area contributed by atoms with Crippen LogP contribution in [0.4, 0.5) is 5.13 Å². The van der Waals surface area contributed by atoms with Crippen LogP contribution >= 0.6 is 11.3 Å². The summed E-state index contributed by atoms with van der Waals surface area (Å²) in [7, 11) is -2.38. The zero-order valence-corrected chi connectivity index (χ0v) is 18.3. The summed E-state index contributed by atoms with van der Waals surface area (Å²) >= 11 is 1.32. The highest BCUT2D eigenvalue weighted by Crippen LogP contribution is 2.22. The van der Waals surface area contributed by atoms with Crippen molar-refractivity contribution >= 4 is 32.4 Å². The van der Waals surface area contributed by atoms with E-state index in [1.807, 2.05) is 4.90 Å². The summed E-state index contributed by atoms with van der Waals surface area (Å²) in [6.07, 6.45) is 0. The van der Waals surface area contributed by atoms with Gasteiger partial charge in [-0.05, 0) is 30.7 Å². The molecule has 2 aromatic rings. The summed E-state index contributed by atoms with van der Waals surface area (Å²) in [5, 5.41) is 2.29. The van der Waals surface area contributed by atoms with Gasteiger partial charge in [0, 0.05) is 25.6 Å². The van der Waals surface area contributed by atoms with Gasteiger partial charge in [-0.25, -0.2) is 13.4 Å². The number of hydrogen-bond donors (Lipinski definition) is 2. The van der Waals surface area contributed by atoms with Crippen LogP contribution in [-0.4, -0.2) is 65.9 Å². The lowest BCUT2D eigenvalue weighted by Crippen LogP contribution is -2.41. The second kappa shape index (κ2) is 10.2. The molecule has 1 amide bonds. The van der Waals surface area contributed by atoms with E-state index in [0.29, 0.717) is 56.0 Å². The first-order valence-corrected chi connectivity index (χ1v) is 11.6. The molecule has 12 heteroatoms. The molecule has 2 N–H and O–H groups in total. The number of carbonyl (C=O) groups is 1. The molecule has 0 aliphatic carbocycles. The quantitative estimate of drug-likeness (QED) is 0.423. The Morgan fingerprint density at radius 1 is 1.30 bits per heavy atom. The third kappa shape index (κ3) is 5.67. The minimum absolute atomic E-state index is 0.00618. The van der Waals surface area contributed by atoms with E-state index in [1.54, 1.807) is 25.5 Å². The highest BCUT2D eigenvalue weighted by Gasteiger charge is 2.20. The van der Waals surface area contributed by atoms with E-state index in [-0.39, 0.29) is 10.6 Å². The highest BCUT2D eigenvalue weighted by molar-refractivity contribution is 7.89. The van der Waals surface area contributed by atoms with Crippen LogP contribution in [0.1, 0.15) is 16.1 Å². The van der Waals surface area contributed by atoms with Crippen molar-refractivity contribution in [2.45, 2.75) is 11.8 Å². The monoisotopic (exact) mass is 456 g/mol. The smallest absolute Gasteiger partial charge is 0.285 e. The number of benzene rings is 1. The van der Waals surface area contributed by atoms with E-state index in [2.05, 4.69) is 15.2 Å². The Labute approximate surface area is 179 Å². The number of sulfonamides is 1. The molecule has 1 aromatic heterocycles. The molecule has 1 fully saturated rings. The SMILES string of the molecule is COCCOc1ccc(S(=O)(=O)NNC(=O)c2csc(N3CCOCC3)n2)cc1C. The van der Waals surface area contributed by atoms with Crippen LogP contribution in [0.15, 0.2) is 28.5 Å². The number of morpholine rings is 1. The Hall–Kier alpha value is -2.25. The minimum atomic E-state index is -3.95. The molecule has 1 aliphatic heterocycles. The van der Waals surface area contributed by atoms with Gasteiger partial charge in [-0.2, -0.15) is 0 Å². The minimum Gasteiger partial charge on any atom is -0.491 e. The third-order valence-electron chi connectivity index (χ3n) is 4.31. The Morgan fingerprint density at radius 2 is 2.07 bits per heavy atom. The van der Waals surface area contributed by atoms with Gasteiger partial charge in [0.15, 0.2) is 5.13 Å². The number of hydrazine groups is 1. The van der Waals surface area contributed by atoms with E-state index in [1.165, 1.54) is 23.5 Å². The maximum Gasteiger partial charge on any atom is 0.285 e. The fourth-order valence-electron chi connectivity index (χ4n) is 2.69. The first-order valence-electron chi connectivity index (χ1n) is 9.23. The van der Waals surface area contributed by atoms with E-state index in [9.17, 15) is 13.2 Å². The van der Waals surface area contributed by atoms with Gasteiger partial charge in [-0.3, -0.25) is 10.2 Å². The summed E-state index contributed by atoms with van der Waals surface area (Å²) in [5.41, 5.74) is 3.00. The number of hydrogen-bond acceptors (Lipinski definition) is 9. The van der Waals surface area contributed by atoms with Gasteiger partial charge in [-0.1, -0.05) is 0 Å². The second-order valence-electron chi connectivity index (χ2n) is 6.44. The van der Waals surface area contributed by atoms with E-state index in [4.69, 9.17) is 14.2 Å². The number of thiazole rings is 1. The third-order valence-corrected chi connectivity index (χ3v) is 6.45. The van der Waals surface area contributed by atoms with Crippen LogP contribution in [0.25, 0.3) is 0 Å². The van der Waals surface area contributed by atoms with Crippen LogP contribution in [0.2, 0.25) is 0 Å². The van der Waals surface area contributed by atoms with Crippen molar-refractivity contribution in [1.82, 2.24) is 15.2 Å². The number of carbonyl (C=O) groups excluding carboxylic acids is 1. The first kappa shape index (κ1) is 22.4. The zero-order valence-electron chi connectivity index (χ0n) is 16.7. The van der Waals surface area contributed by atoms with Gasteiger partial charge in [0.1, 0.15) is 18.1 Å². The average molecular weight is 457 g/mol. The molecular weight excluding hydrogens is 432 g/mol. The second-order valence-corrected chi connectivity index (χ2v) is 8.96. The van der Waals surface area contributed by atoms with E-state index in [0.717, 1.165) is 0 Å². The molecule has 0 saturated carbocycles. The predicted octanol–water partition coefficient (Wildman–Crippen LogP) is 0.937. The van der Waals surface area contributed by atoms with Crippen molar-refractivity contribution in [2.24, 2.45) is 0 Å². The van der Waals surface area contributed by atoms with E-state index >= 15 is 0 Å². The Kier molecular flexibility index (Phi) is 7.61. The summed E-state index contributed by atoms with van der Waals surface area (Å²) in [5.74, 6) is -0.0706. The maximum atomic E-state index is 12.5. The number of aromatic nitrogens is 1. The van der Waals surface area contributed by atoms with Crippen molar-refractivity contribution < 1.29 is 27.4 Å². The number of anilines is 1. The lowest BCUT2D eigenvalue weighted by atomic mass is 10.2. The number of nitrogens with zero attached hydrogens (tertiary/aromatic N) is 2. The number of rotatable bonds is 9. The van der Waals surface area contributed by atoms with Crippen molar-refractivity contribution in [3.05, 3.63) is 34.8 Å². The lowest BCUT2D eigenvalue weighted by molar-refractivity contribution is 0.0940. The standard InChI is InChI=1S/C18H24N4O6S2/c1-13-11-14(3-4-16(13)28-10-9-26-2)30(24,25)21-20-17(23)15-12-29-18(19-15)22-5-7-27-8-6-22/h3-4,11-12,21H,5-10H2,1-2H3,(H,20,23). The molecule has 0 bridgehead atoms. The summed E-state index contributed by atoms with van der Waals surface area (Å²) < 4.78 is 40.8. The molecule has 0 atom stereocenters. The molecule has 1 saturated heterocycles. The van der Waals surface area contributed by atoms with Gasteiger partial charge in [0.25, 0.3) is 15.9 Å². The predicted molar refractivity (Wildman–Crippen MR) is 111 cm³/mol. The largest absolute Gasteiger partial charge is 0.491 e. The summed E-state index contributed by atoms with van der Waals surface area (Å²) in [6.45, 7) is 5.14. The number of methoxy groups -OCH3 is 1. The van der Waals surface area contributed by atoms with Crippen LogP contribution in [0, 0.1) is 6.92 Å².